The Hall–Kier alpha value is -3.19. The van der Waals surface area contributed by atoms with Gasteiger partial charge in [-0.2, -0.15) is 0 Å². The SMILES string of the molecule is Cc1cc(C#Cc2c(C)c3cc(O)ccc3oc2=O)cc(C)c1O. The molecule has 4 heteroatoms. The quantitative estimate of drug-likeness (QED) is 0.491. The molecular weight excluding hydrogens is 304 g/mol. The first-order chi connectivity index (χ1) is 11.4. The number of phenols is 2. The van der Waals surface area contributed by atoms with E-state index in [1.54, 1.807) is 45.0 Å². The molecule has 3 aromatic rings. The summed E-state index contributed by atoms with van der Waals surface area (Å²) in [6, 6.07) is 8.10. The van der Waals surface area contributed by atoms with E-state index in [1.165, 1.54) is 6.07 Å². The minimum Gasteiger partial charge on any atom is -0.508 e. The minimum atomic E-state index is -0.509. The predicted octanol–water partition coefficient (Wildman–Crippen LogP) is 3.53. The summed E-state index contributed by atoms with van der Waals surface area (Å²) in [4.78, 5) is 12.2. The van der Waals surface area contributed by atoms with Gasteiger partial charge in [-0.05, 0) is 67.8 Å². The molecule has 0 amide bonds. The fraction of sp³-hybridized carbons (Fsp3) is 0.150. The Balaban J connectivity index is 2.17. The maximum absolute atomic E-state index is 12.2. The van der Waals surface area contributed by atoms with E-state index in [0.717, 1.165) is 11.1 Å². The van der Waals surface area contributed by atoms with Crippen LogP contribution in [-0.4, -0.2) is 10.2 Å². The van der Waals surface area contributed by atoms with Gasteiger partial charge in [-0.3, -0.25) is 0 Å². The summed E-state index contributed by atoms with van der Waals surface area (Å²) in [5, 5.41) is 20.1. The average Bonchev–Trinajstić information content (AvgIpc) is 2.53. The molecule has 0 saturated heterocycles. The lowest BCUT2D eigenvalue weighted by atomic mass is 10.0. The molecule has 0 spiro atoms. The second-order valence-corrected chi connectivity index (χ2v) is 5.78. The van der Waals surface area contributed by atoms with Crippen molar-refractivity contribution in [3.05, 3.63) is 68.6 Å². The Kier molecular flexibility index (Phi) is 3.78. The Bertz CT molecular complexity index is 1060. The zero-order chi connectivity index (χ0) is 17.4. The van der Waals surface area contributed by atoms with Gasteiger partial charge in [0.25, 0.3) is 0 Å². The van der Waals surface area contributed by atoms with Gasteiger partial charge in [0.2, 0.25) is 0 Å². The Morgan fingerprint density at radius 1 is 0.958 bits per heavy atom. The molecule has 0 unspecified atom stereocenters. The van der Waals surface area contributed by atoms with E-state index in [9.17, 15) is 15.0 Å². The molecule has 24 heavy (non-hydrogen) atoms. The average molecular weight is 320 g/mol. The molecule has 2 N–H and O–H groups in total. The van der Waals surface area contributed by atoms with Crippen LogP contribution in [0.3, 0.4) is 0 Å². The van der Waals surface area contributed by atoms with Crippen LogP contribution in [-0.2, 0) is 0 Å². The lowest BCUT2D eigenvalue weighted by Gasteiger charge is -2.04. The highest BCUT2D eigenvalue weighted by atomic mass is 16.4. The van der Waals surface area contributed by atoms with Crippen molar-refractivity contribution in [3.63, 3.8) is 0 Å². The van der Waals surface area contributed by atoms with Crippen LogP contribution in [0.4, 0.5) is 0 Å². The van der Waals surface area contributed by atoms with Gasteiger partial charge in [-0.15, -0.1) is 0 Å². The largest absolute Gasteiger partial charge is 0.508 e. The van der Waals surface area contributed by atoms with E-state index in [4.69, 9.17) is 4.42 Å². The summed E-state index contributed by atoms with van der Waals surface area (Å²) in [6.45, 7) is 5.37. The molecule has 1 heterocycles. The monoisotopic (exact) mass is 320 g/mol. The summed E-state index contributed by atoms with van der Waals surface area (Å²) in [6.07, 6.45) is 0. The number of phenolic OH excluding ortho intramolecular Hbond substituents is 2. The number of rotatable bonds is 0. The van der Waals surface area contributed by atoms with Crippen molar-refractivity contribution in [2.75, 3.05) is 0 Å². The molecule has 0 atom stereocenters. The molecule has 0 bridgehead atoms. The highest BCUT2D eigenvalue weighted by Gasteiger charge is 2.10. The van der Waals surface area contributed by atoms with Crippen molar-refractivity contribution >= 4 is 11.0 Å². The van der Waals surface area contributed by atoms with Crippen LogP contribution in [0.1, 0.15) is 27.8 Å². The number of aromatic hydroxyl groups is 2. The van der Waals surface area contributed by atoms with Gasteiger partial charge < -0.3 is 14.6 Å². The standard InChI is InChI=1S/C20H16O4/c1-11-8-14(9-12(2)19(11)22)4-6-16-13(3)17-10-15(21)5-7-18(17)24-20(16)23/h5,7-10,21-22H,1-3H3. The third-order valence-electron chi connectivity index (χ3n) is 3.97. The Morgan fingerprint density at radius 2 is 1.62 bits per heavy atom. The van der Waals surface area contributed by atoms with Gasteiger partial charge in [0.1, 0.15) is 22.6 Å². The maximum Gasteiger partial charge on any atom is 0.352 e. The molecule has 0 aliphatic heterocycles. The van der Waals surface area contributed by atoms with E-state index in [1.807, 2.05) is 0 Å². The molecule has 0 aliphatic rings. The molecular formula is C20H16O4. The molecule has 0 aliphatic carbocycles. The second-order valence-electron chi connectivity index (χ2n) is 5.78. The zero-order valence-electron chi connectivity index (χ0n) is 13.6. The van der Waals surface area contributed by atoms with Crippen molar-refractivity contribution < 1.29 is 14.6 Å². The third kappa shape index (κ3) is 2.72. The van der Waals surface area contributed by atoms with Crippen LogP contribution >= 0.6 is 0 Å². The molecule has 0 radical (unpaired) electrons. The number of benzene rings is 2. The zero-order valence-corrected chi connectivity index (χ0v) is 13.6. The van der Waals surface area contributed by atoms with Gasteiger partial charge in [-0.1, -0.05) is 11.8 Å². The Morgan fingerprint density at radius 3 is 2.29 bits per heavy atom. The lowest BCUT2D eigenvalue weighted by molar-refractivity contribution is 0.467. The molecule has 3 rings (SSSR count). The van der Waals surface area contributed by atoms with Gasteiger partial charge in [0.15, 0.2) is 0 Å². The Labute approximate surface area is 139 Å². The van der Waals surface area contributed by atoms with Crippen LogP contribution in [0.15, 0.2) is 39.5 Å². The van der Waals surface area contributed by atoms with Crippen molar-refractivity contribution in [1.82, 2.24) is 0 Å². The first-order valence-electron chi connectivity index (χ1n) is 7.45. The van der Waals surface area contributed by atoms with Crippen LogP contribution in [0.25, 0.3) is 11.0 Å². The summed E-state index contributed by atoms with van der Waals surface area (Å²) < 4.78 is 5.27. The van der Waals surface area contributed by atoms with E-state index < -0.39 is 5.63 Å². The number of hydrogen-bond acceptors (Lipinski definition) is 4. The summed E-state index contributed by atoms with van der Waals surface area (Å²) in [5.74, 6) is 6.16. The molecule has 4 nitrogen and oxygen atoms in total. The van der Waals surface area contributed by atoms with Crippen molar-refractivity contribution in [2.45, 2.75) is 20.8 Å². The minimum absolute atomic E-state index is 0.100. The summed E-state index contributed by atoms with van der Waals surface area (Å²) >= 11 is 0. The van der Waals surface area contributed by atoms with E-state index >= 15 is 0 Å². The van der Waals surface area contributed by atoms with E-state index in [2.05, 4.69) is 11.8 Å². The van der Waals surface area contributed by atoms with Crippen LogP contribution in [0.5, 0.6) is 11.5 Å². The number of aryl methyl sites for hydroxylation is 3. The molecule has 0 fully saturated rings. The normalized spacial score (nSPS) is 10.5. The van der Waals surface area contributed by atoms with E-state index in [0.29, 0.717) is 22.1 Å². The molecule has 0 saturated carbocycles. The maximum atomic E-state index is 12.2. The second kappa shape index (κ2) is 5.78. The summed E-state index contributed by atoms with van der Waals surface area (Å²) in [7, 11) is 0. The number of hydrogen-bond donors (Lipinski definition) is 2. The fourth-order valence-corrected chi connectivity index (χ4v) is 2.65. The first kappa shape index (κ1) is 15.7. The predicted molar refractivity (Wildman–Crippen MR) is 92.4 cm³/mol. The van der Waals surface area contributed by atoms with Gasteiger partial charge in [0.05, 0.1) is 0 Å². The third-order valence-corrected chi connectivity index (χ3v) is 3.97. The topological polar surface area (TPSA) is 70.7 Å². The van der Waals surface area contributed by atoms with Crippen molar-refractivity contribution in [3.8, 4) is 23.3 Å². The van der Waals surface area contributed by atoms with E-state index in [-0.39, 0.29) is 17.1 Å². The molecule has 1 aromatic heterocycles. The fourth-order valence-electron chi connectivity index (χ4n) is 2.65. The number of fused-ring (bicyclic) bond motifs is 1. The smallest absolute Gasteiger partial charge is 0.352 e. The highest BCUT2D eigenvalue weighted by molar-refractivity contribution is 5.83. The molecule has 2 aromatic carbocycles. The van der Waals surface area contributed by atoms with Crippen molar-refractivity contribution in [2.24, 2.45) is 0 Å². The van der Waals surface area contributed by atoms with Crippen LogP contribution in [0.2, 0.25) is 0 Å². The van der Waals surface area contributed by atoms with Crippen molar-refractivity contribution in [1.29, 1.82) is 0 Å². The summed E-state index contributed by atoms with van der Waals surface area (Å²) in [5.41, 5.74) is 2.99. The first-order valence-corrected chi connectivity index (χ1v) is 7.45. The lowest BCUT2D eigenvalue weighted by Crippen LogP contribution is -2.06. The van der Waals surface area contributed by atoms with Crippen LogP contribution < -0.4 is 5.63 Å². The molecule has 120 valence electrons. The van der Waals surface area contributed by atoms with Gasteiger partial charge in [0, 0.05) is 10.9 Å². The van der Waals surface area contributed by atoms with Crippen LogP contribution in [0, 0.1) is 32.6 Å². The van der Waals surface area contributed by atoms with Gasteiger partial charge in [-0.25, -0.2) is 4.79 Å². The van der Waals surface area contributed by atoms with Gasteiger partial charge >= 0.3 is 5.63 Å². The highest BCUT2D eigenvalue weighted by Crippen LogP contribution is 2.24.